The van der Waals surface area contributed by atoms with Crippen molar-refractivity contribution in [3.8, 4) is 0 Å². The topological polar surface area (TPSA) is 67.2 Å². The Morgan fingerprint density at radius 3 is 2.60 bits per heavy atom. The molecule has 1 unspecified atom stereocenters. The van der Waals surface area contributed by atoms with Crippen LogP contribution in [0, 0.1) is 13.8 Å². The van der Waals surface area contributed by atoms with E-state index in [9.17, 15) is 9.59 Å². The second-order valence-electron chi connectivity index (χ2n) is 6.42. The fraction of sp³-hybridized carbons (Fsp3) is 0.389. The Balaban J connectivity index is 1.83. The van der Waals surface area contributed by atoms with E-state index in [0.717, 1.165) is 27.5 Å². The molecule has 2 heterocycles. The molecule has 7 heteroatoms. The first-order valence-corrected chi connectivity index (χ1v) is 8.91. The van der Waals surface area contributed by atoms with Gasteiger partial charge in [-0.2, -0.15) is 5.10 Å². The molecule has 1 atom stereocenters. The molecule has 0 fully saturated rings. The van der Waals surface area contributed by atoms with E-state index in [1.54, 1.807) is 23.6 Å². The SMILES string of the molecule is Cc1nn(C)c(C)c1CNC(=O)C1(C)Sc2ccccc2N(C)C1=O. The highest BCUT2D eigenvalue weighted by atomic mass is 32.2. The number of aryl methyl sites for hydroxylation is 2. The van der Waals surface area contributed by atoms with Crippen LogP contribution in [-0.2, 0) is 23.2 Å². The fourth-order valence-electron chi connectivity index (χ4n) is 3.07. The number of carbonyl (C=O) groups excluding carboxylic acids is 2. The number of aromatic nitrogens is 2. The lowest BCUT2D eigenvalue weighted by atomic mass is 10.1. The molecular weight excluding hydrogens is 336 g/mol. The number of rotatable bonds is 3. The first-order chi connectivity index (χ1) is 11.8. The molecule has 3 rings (SSSR count). The highest BCUT2D eigenvalue weighted by molar-refractivity contribution is 8.02. The zero-order valence-corrected chi connectivity index (χ0v) is 15.9. The van der Waals surface area contributed by atoms with Crippen LogP contribution in [0.2, 0.25) is 0 Å². The number of hydrogen-bond acceptors (Lipinski definition) is 4. The van der Waals surface area contributed by atoms with Crippen molar-refractivity contribution >= 4 is 29.3 Å². The van der Waals surface area contributed by atoms with Crippen LogP contribution in [0.1, 0.15) is 23.9 Å². The summed E-state index contributed by atoms with van der Waals surface area (Å²) in [5.41, 5.74) is 3.71. The van der Waals surface area contributed by atoms with Crippen molar-refractivity contribution < 1.29 is 9.59 Å². The Kier molecular flexibility index (Phi) is 4.36. The lowest BCUT2D eigenvalue weighted by Crippen LogP contribution is -2.55. The molecule has 1 aromatic heterocycles. The molecule has 6 nitrogen and oxygen atoms in total. The first kappa shape index (κ1) is 17.5. The van der Waals surface area contributed by atoms with Crippen molar-refractivity contribution in [3.05, 3.63) is 41.2 Å². The third-order valence-electron chi connectivity index (χ3n) is 4.77. The maximum absolute atomic E-state index is 12.9. The Morgan fingerprint density at radius 1 is 1.28 bits per heavy atom. The van der Waals surface area contributed by atoms with E-state index in [4.69, 9.17) is 0 Å². The third kappa shape index (κ3) is 2.82. The number of thioether (sulfide) groups is 1. The summed E-state index contributed by atoms with van der Waals surface area (Å²) < 4.78 is 0.607. The Hall–Kier alpha value is -2.28. The van der Waals surface area contributed by atoms with Crippen LogP contribution in [0.25, 0.3) is 0 Å². The highest BCUT2D eigenvalue weighted by Gasteiger charge is 2.48. The predicted molar refractivity (Wildman–Crippen MR) is 98.6 cm³/mol. The standard InChI is InChI=1S/C18H22N4O2S/c1-11-13(12(2)22(5)20-11)10-19-16(23)18(3)17(24)21(4)14-8-6-7-9-15(14)25-18/h6-9H,10H2,1-5H3,(H,19,23). The summed E-state index contributed by atoms with van der Waals surface area (Å²) in [6.45, 7) is 5.93. The van der Waals surface area contributed by atoms with Gasteiger partial charge in [-0.15, -0.1) is 0 Å². The molecule has 1 N–H and O–H groups in total. The Labute approximate surface area is 151 Å². The number of anilines is 1. The quantitative estimate of drug-likeness (QED) is 0.854. The molecule has 0 radical (unpaired) electrons. The Bertz CT molecular complexity index is 861. The maximum Gasteiger partial charge on any atom is 0.252 e. The van der Waals surface area contributed by atoms with Crippen molar-refractivity contribution in [2.24, 2.45) is 7.05 Å². The molecule has 0 aliphatic carbocycles. The molecule has 1 aliphatic rings. The summed E-state index contributed by atoms with van der Waals surface area (Å²) >= 11 is 1.30. The van der Waals surface area contributed by atoms with Crippen LogP contribution < -0.4 is 10.2 Å². The highest BCUT2D eigenvalue weighted by Crippen LogP contribution is 2.44. The molecule has 0 saturated heterocycles. The average Bonchev–Trinajstić information content (AvgIpc) is 2.83. The van der Waals surface area contributed by atoms with Crippen molar-refractivity contribution in [1.29, 1.82) is 0 Å². The number of fused-ring (bicyclic) bond motifs is 1. The van der Waals surface area contributed by atoms with Crippen molar-refractivity contribution in [3.63, 3.8) is 0 Å². The van der Waals surface area contributed by atoms with Gasteiger partial charge >= 0.3 is 0 Å². The fourth-order valence-corrected chi connectivity index (χ4v) is 4.35. The van der Waals surface area contributed by atoms with Gasteiger partial charge in [0.2, 0.25) is 5.91 Å². The third-order valence-corrected chi connectivity index (χ3v) is 6.10. The van der Waals surface area contributed by atoms with Gasteiger partial charge in [0, 0.05) is 36.8 Å². The van der Waals surface area contributed by atoms with Crippen LogP contribution in [-0.4, -0.2) is 33.4 Å². The molecule has 25 heavy (non-hydrogen) atoms. The van der Waals surface area contributed by atoms with E-state index in [1.165, 1.54) is 11.8 Å². The number of para-hydroxylation sites is 1. The summed E-state index contributed by atoms with van der Waals surface area (Å²) in [5, 5.41) is 7.29. The molecule has 1 aliphatic heterocycles. The van der Waals surface area contributed by atoms with E-state index in [-0.39, 0.29) is 11.8 Å². The summed E-state index contributed by atoms with van der Waals surface area (Å²) in [6.07, 6.45) is 0. The minimum absolute atomic E-state index is 0.215. The minimum atomic E-state index is -1.19. The zero-order chi connectivity index (χ0) is 18.4. The van der Waals surface area contributed by atoms with Crippen LogP contribution >= 0.6 is 11.8 Å². The second kappa shape index (κ2) is 6.22. The molecule has 2 amide bonds. The maximum atomic E-state index is 12.9. The summed E-state index contributed by atoms with van der Waals surface area (Å²) in [5.74, 6) is -0.500. The van der Waals surface area contributed by atoms with Gasteiger partial charge in [-0.3, -0.25) is 14.3 Å². The van der Waals surface area contributed by atoms with E-state index in [0.29, 0.717) is 6.54 Å². The van der Waals surface area contributed by atoms with Gasteiger partial charge in [0.15, 0.2) is 4.75 Å². The second-order valence-corrected chi connectivity index (χ2v) is 7.88. The van der Waals surface area contributed by atoms with E-state index in [2.05, 4.69) is 10.4 Å². The summed E-state index contributed by atoms with van der Waals surface area (Å²) in [4.78, 5) is 28.2. The Morgan fingerprint density at radius 2 is 1.96 bits per heavy atom. The monoisotopic (exact) mass is 358 g/mol. The van der Waals surface area contributed by atoms with Gasteiger partial charge in [0.25, 0.3) is 5.91 Å². The predicted octanol–water partition coefficient (Wildman–Crippen LogP) is 2.18. The zero-order valence-electron chi connectivity index (χ0n) is 15.1. The molecule has 2 aromatic rings. The van der Waals surface area contributed by atoms with Crippen LogP contribution in [0.5, 0.6) is 0 Å². The normalized spacial score (nSPS) is 19.7. The summed E-state index contributed by atoms with van der Waals surface area (Å²) in [7, 11) is 3.59. The number of nitrogens with zero attached hydrogens (tertiary/aromatic N) is 3. The molecule has 0 bridgehead atoms. The van der Waals surface area contributed by atoms with Crippen molar-refractivity contribution in [2.45, 2.75) is 37.0 Å². The van der Waals surface area contributed by atoms with E-state index >= 15 is 0 Å². The van der Waals surface area contributed by atoms with Crippen LogP contribution in [0.3, 0.4) is 0 Å². The first-order valence-electron chi connectivity index (χ1n) is 8.09. The number of benzene rings is 1. The molecular formula is C18H22N4O2S. The molecule has 1 aromatic carbocycles. The van der Waals surface area contributed by atoms with Crippen molar-refractivity contribution in [1.82, 2.24) is 15.1 Å². The van der Waals surface area contributed by atoms with E-state index in [1.807, 2.05) is 45.2 Å². The van der Waals surface area contributed by atoms with Gasteiger partial charge in [-0.1, -0.05) is 23.9 Å². The van der Waals surface area contributed by atoms with Gasteiger partial charge in [-0.05, 0) is 32.9 Å². The molecule has 0 saturated carbocycles. The molecule has 132 valence electrons. The van der Waals surface area contributed by atoms with Gasteiger partial charge in [0.05, 0.1) is 11.4 Å². The van der Waals surface area contributed by atoms with Gasteiger partial charge in [0.1, 0.15) is 0 Å². The van der Waals surface area contributed by atoms with Gasteiger partial charge < -0.3 is 10.2 Å². The van der Waals surface area contributed by atoms with E-state index < -0.39 is 4.75 Å². The smallest absolute Gasteiger partial charge is 0.252 e. The summed E-state index contributed by atoms with van der Waals surface area (Å²) in [6, 6.07) is 7.62. The lowest BCUT2D eigenvalue weighted by Gasteiger charge is -2.36. The number of hydrogen-bond donors (Lipinski definition) is 1. The van der Waals surface area contributed by atoms with Crippen molar-refractivity contribution in [2.75, 3.05) is 11.9 Å². The number of amides is 2. The van der Waals surface area contributed by atoms with Crippen LogP contribution in [0.15, 0.2) is 29.2 Å². The van der Waals surface area contributed by atoms with Gasteiger partial charge in [-0.25, -0.2) is 0 Å². The largest absolute Gasteiger partial charge is 0.350 e. The average molecular weight is 358 g/mol. The minimum Gasteiger partial charge on any atom is -0.350 e. The van der Waals surface area contributed by atoms with Crippen LogP contribution in [0.4, 0.5) is 5.69 Å². The lowest BCUT2D eigenvalue weighted by molar-refractivity contribution is -0.131. The number of nitrogens with one attached hydrogen (secondary N) is 1. The number of carbonyl (C=O) groups is 2. The molecule has 0 spiro atoms.